The summed E-state index contributed by atoms with van der Waals surface area (Å²) in [4.78, 5) is 11.0. The van der Waals surface area contributed by atoms with E-state index in [0.29, 0.717) is 0 Å². The Morgan fingerprint density at radius 1 is 0.867 bits per heavy atom. The van der Waals surface area contributed by atoms with Crippen molar-refractivity contribution in [1.82, 2.24) is 0 Å². The van der Waals surface area contributed by atoms with E-state index in [1.165, 1.54) is 0 Å². The highest BCUT2D eigenvalue weighted by Gasteiger charge is 2.43. The first-order chi connectivity index (χ1) is 7.37. The van der Waals surface area contributed by atoms with Crippen molar-refractivity contribution in [2.45, 2.75) is 18.3 Å². The Kier molecular flexibility index (Phi) is 2.82. The SMILES string of the molecule is O=CC1(c2ccccccccc2)CC1. The van der Waals surface area contributed by atoms with Crippen LogP contribution in [-0.2, 0) is 10.2 Å². The molecule has 1 aromatic rings. The van der Waals surface area contributed by atoms with Crippen molar-refractivity contribution in [3.63, 3.8) is 0 Å². The fourth-order valence-corrected chi connectivity index (χ4v) is 1.64. The first-order valence-electron chi connectivity index (χ1n) is 5.23. The Balaban J connectivity index is 2.44. The molecule has 1 fully saturated rings. The summed E-state index contributed by atoms with van der Waals surface area (Å²) >= 11 is 0. The molecule has 1 aliphatic rings. The molecule has 0 unspecified atom stereocenters. The van der Waals surface area contributed by atoms with Crippen LogP contribution >= 0.6 is 0 Å². The molecule has 1 nitrogen and oxygen atoms in total. The summed E-state index contributed by atoms with van der Waals surface area (Å²) < 4.78 is 0. The van der Waals surface area contributed by atoms with Crippen LogP contribution in [0.4, 0.5) is 0 Å². The second-order valence-electron chi connectivity index (χ2n) is 3.91. The molecule has 1 aliphatic carbocycles. The molecule has 1 heteroatoms. The summed E-state index contributed by atoms with van der Waals surface area (Å²) in [5.74, 6) is 0. The molecule has 0 heterocycles. The lowest BCUT2D eigenvalue weighted by Gasteiger charge is -2.03. The van der Waals surface area contributed by atoms with Gasteiger partial charge in [0.15, 0.2) is 0 Å². The first kappa shape index (κ1) is 9.91. The van der Waals surface area contributed by atoms with Crippen molar-refractivity contribution in [3.05, 3.63) is 60.2 Å². The molecule has 0 bridgehead atoms. The van der Waals surface area contributed by atoms with Gasteiger partial charge < -0.3 is 4.79 Å². The quantitative estimate of drug-likeness (QED) is 0.667. The van der Waals surface area contributed by atoms with E-state index in [2.05, 4.69) is 0 Å². The summed E-state index contributed by atoms with van der Waals surface area (Å²) in [6.07, 6.45) is 3.06. The van der Waals surface area contributed by atoms with Crippen LogP contribution in [0.3, 0.4) is 0 Å². The van der Waals surface area contributed by atoms with Gasteiger partial charge in [-0.1, -0.05) is 54.6 Å². The fourth-order valence-electron chi connectivity index (χ4n) is 1.64. The van der Waals surface area contributed by atoms with Gasteiger partial charge in [-0.15, -0.1) is 0 Å². The average Bonchev–Trinajstić information content (AvgIpc) is 3.07. The van der Waals surface area contributed by atoms with Gasteiger partial charge in [0, 0.05) is 0 Å². The van der Waals surface area contributed by atoms with Crippen molar-refractivity contribution >= 4 is 6.29 Å². The lowest BCUT2D eigenvalue weighted by atomic mass is 9.99. The van der Waals surface area contributed by atoms with Gasteiger partial charge >= 0.3 is 0 Å². The molecule has 1 aromatic carbocycles. The van der Waals surface area contributed by atoms with Gasteiger partial charge in [-0.25, -0.2) is 0 Å². The minimum Gasteiger partial charge on any atom is -0.302 e. The maximum absolute atomic E-state index is 11.0. The molecular formula is C14H14O. The number of aldehydes is 1. The number of rotatable bonds is 2. The molecule has 0 aromatic heterocycles. The molecular weight excluding hydrogens is 184 g/mol. The third kappa shape index (κ3) is 2.24. The van der Waals surface area contributed by atoms with Crippen LogP contribution in [0.1, 0.15) is 18.4 Å². The zero-order valence-corrected chi connectivity index (χ0v) is 8.60. The Bertz CT molecular complexity index is 379. The number of hydrogen-bond acceptors (Lipinski definition) is 1. The molecule has 0 amide bonds. The fraction of sp³-hybridized carbons (Fsp3) is 0.214. The number of carbonyl (C=O) groups excluding carboxylic acids is 1. The smallest absolute Gasteiger partial charge is 0.130 e. The van der Waals surface area contributed by atoms with Gasteiger partial charge in [-0.05, 0) is 18.4 Å². The second kappa shape index (κ2) is 4.26. The highest BCUT2D eigenvalue weighted by molar-refractivity contribution is 5.72. The van der Waals surface area contributed by atoms with E-state index < -0.39 is 0 Å². The van der Waals surface area contributed by atoms with Gasteiger partial charge in [-0.3, -0.25) is 0 Å². The van der Waals surface area contributed by atoms with Crippen LogP contribution in [0.15, 0.2) is 54.6 Å². The minimum atomic E-state index is -0.183. The number of hydrogen-bond donors (Lipinski definition) is 0. The molecule has 0 N–H and O–H groups in total. The Hall–Kier alpha value is -1.63. The lowest BCUT2D eigenvalue weighted by molar-refractivity contribution is -0.109. The van der Waals surface area contributed by atoms with E-state index in [0.717, 1.165) is 24.7 Å². The summed E-state index contributed by atoms with van der Waals surface area (Å²) in [7, 11) is 0. The minimum absolute atomic E-state index is 0.183. The van der Waals surface area contributed by atoms with Gasteiger partial charge in [0.05, 0.1) is 5.41 Å². The van der Waals surface area contributed by atoms with E-state index >= 15 is 0 Å². The Morgan fingerprint density at radius 2 is 1.33 bits per heavy atom. The van der Waals surface area contributed by atoms with Crippen molar-refractivity contribution in [1.29, 1.82) is 0 Å². The van der Waals surface area contributed by atoms with Crippen LogP contribution in [0, 0.1) is 0 Å². The zero-order chi connectivity index (χ0) is 10.6. The molecule has 1 saturated carbocycles. The topological polar surface area (TPSA) is 17.1 Å². The highest BCUT2D eigenvalue weighted by Crippen LogP contribution is 2.45. The van der Waals surface area contributed by atoms with Gasteiger partial charge in [0.25, 0.3) is 0 Å². The normalized spacial score (nSPS) is 16.3. The molecule has 0 atom stereocenters. The van der Waals surface area contributed by atoms with Gasteiger partial charge in [0.1, 0.15) is 6.29 Å². The average molecular weight is 198 g/mol. The van der Waals surface area contributed by atoms with Gasteiger partial charge in [-0.2, -0.15) is 0 Å². The van der Waals surface area contributed by atoms with Crippen molar-refractivity contribution in [2.24, 2.45) is 0 Å². The molecule has 0 radical (unpaired) electrons. The predicted molar refractivity (Wildman–Crippen MR) is 61.0 cm³/mol. The van der Waals surface area contributed by atoms with Gasteiger partial charge in [0.2, 0.25) is 0 Å². The predicted octanol–water partition coefficient (Wildman–Crippen LogP) is 3.04. The molecule has 2 rings (SSSR count). The zero-order valence-electron chi connectivity index (χ0n) is 8.60. The summed E-state index contributed by atoms with van der Waals surface area (Å²) in [6, 6.07) is 17.9. The van der Waals surface area contributed by atoms with Crippen LogP contribution in [0.25, 0.3) is 0 Å². The molecule has 0 aliphatic heterocycles. The first-order valence-corrected chi connectivity index (χ1v) is 5.23. The van der Waals surface area contributed by atoms with E-state index in [4.69, 9.17) is 0 Å². The highest BCUT2D eigenvalue weighted by atomic mass is 16.1. The largest absolute Gasteiger partial charge is 0.302 e. The molecule has 0 spiro atoms. The van der Waals surface area contributed by atoms with Crippen LogP contribution < -0.4 is 0 Å². The standard InChI is InChI=1S/C14H14O/c15-12-14(10-11-14)13-8-6-4-2-1-3-5-7-9-13/h1-9,12H,10-11H2. The molecule has 76 valence electrons. The maximum Gasteiger partial charge on any atom is 0.130 e. The second-order valence-corrected chi connectivity index (χ2v) is 3.91. The Morgan fingerprint density at radius 3 is 1.73 bits per heavy atom. The summed E-state index contributed by atoms with van der Waals surface area (Å²) in [6.45, 7) is 0. The van der Waals surface area contributed by atoms with Crippen molar-refractivity contribution in [3.8, 4) is 0 Å². The van der Waals surface area contributed by atoms with E-state index in [1.54, 1.807) is 0 Å². The maximum atomic E-state index is 11.0. The van der Waals surface area contributed by atoms with Crippen LogP contribution in [0.5, 0.6) is 0 Å². The van der Waals surface area contributed by atoms with Crippen molar-refractivity contribution < 1.29 is 4.79 Å². The third-order valence-corrected chi connectivity index (χ3v) is 2.81. The molecule has 0 saturated heterocycles. The number of carbonyl (C=O) groups is 1. The monoisotopic (exact) mass is 198 g/mol. The summed E-state index contributed by atoms with van der Waals surface area (Å²) in [5, 5.41) is 0. The van der Waals surface area contributed by atoms with Crippen molar-refractivity contribution in [2.75, 3.05) is 0 Å². The van der Waals surface area contributed by atoms with E-state index in [-0.39, 0.29) is 5.41 Å². The summed E-state index contributed by atoms with van der Waals surface area (Å²) in [5.41, 5.74) is 0.936. The van der Waals surface area contributed by atoms with E-state index in [9.17, 15) is 4.79 Å². The van der Waals surface area contributed by atoms with Crippen LogP contribution in [-0.4, -0.2) is 6.29 Å². The lowest BCUT2D eigenvalue weighted by Crippen LogP contribution is -2.06. The van der Waals surface area contributed by atoms with E-state index in [1.807, 2.05) is 54.6 Å². The third-order valence-electron chi connectivity index (χ3n) is 2.81. The molecule has 15 heavy (non-hydrogen) atoms. The van der Waals surface area contributed by atoms with Crippen LogP contribution in [0.2, 0.25) is 0 Å². The Labute approximate surface area is 90.1 Å².